The highest BCUT2D eigenvalue weighted by atomic mass is 35.5. The minimum absolute atomic E-state index is 0.0332. The van der Waals surface area contributed by atoms with Crippen molar-refractivity contribution in [2.75, 3.05) is 0 Å². The van der Waals surface area contributed by atoms with Gasteiger partial charge in [-0.3, -0.25) is 4.98 Å². The molecule has 0 saturated carbocycles. The molecule has 278 valence electrons. The van der Waals surface area contributed by atoms with E-state index in [1.165, 1.54) is 22.4 Å². The lowest BCUT2D eigenvalue weighted by molar-refractivity contribution is 0.00578. The van der Waals surface area contributed by atoms with Gasteiger partial charge in [0.05, 0.1) is 16.9 Å². The zero-order valence-electron chi connectivity index (χ0n) is 40.4. The maximum absolute atomic E-state index is 7.62. The molecule has 0 spiro atoms. The van der Waals surface area contributed by atoms with Gasteiger partial charge < -0.3 is 18.1 Å². The molecule has 11 rings (SSSR count). The standard InChI is InChI=1S/C21H15NO.C20H19BO3.C7H8ClN/c1-12-10-17(22-11-13(12)2)16-9-8-15-7-6-14-4-3-5-18-19(14)20(15)21(16)23-18;1-19(2)20(3,4)24-21(23-19)14-11-10-13-9-8-12-6-5-7-15-16(12)17(13)18(14)22-15;1-5-3-7(8)9-4-6(5)2/h3-11H,1-2H3;5-11H,1-4H3;3-4H,1-2H3/i2D3;;1D3,2D3. The average Bonchev–Trinajstić information content (AvgIpc) is 3.88. The van der Waals surface area contributed by atoms with E-state index in [2.05, 4.69) is 92.3 Å². The van der Waals surface area contributed by atoms with Crippen LogP contribution in [0.1, 0.15) is 62.3 Å². The van der Waals surface area contributed by atoms with Crippen LogP contribution in [0.25, 0.3) is 76.7 Å². The van der Waals surface area contributed by atoms with Gasteiger partial charge >= 0.3 is 7.12 Å². The summed E-state index contributed by atoms with van der Waals surface area (Å²) < 4.78 is 90.8. The predicted molar refractivity (Wildman–Crippen MR) is 232 cm³/mol. The fraction of sp³-hybridized carbons (Fsp3) is 0.208. The second kappa shape index (κ2) is 13.3. The van der Waals surface area contributed by atoms with Gasteiger partial charge in [-0.15, -0.1) is 0 Å². The van der Waals surface area contributed by atoms with Crippen molar-refractivity contribution >= 4 is 89.6 Å². The van der Waals surface area contributed by atoms with Gasteiger partial charge in [-0.1, -0.05) is 78.3 Å². The quantitative estimate of drug-likeness (QED) is 0.0991. The molecule has 5 heterocycles. The molecule has 0 unspecified atom stereocenters. The Balaban J connectivity index is 0.000000128. The summed E-state index contributed by atoms with van der Waals surface area (Å²) in [5.74, 6) is 0. The van der Waals surface area contributed by atoms with Gasteiger partial charge in [0.1, 0.15) is 27.5 Å². The molecule has 0 bridgehead atoms. The van der Waals surface area contributed by atoms with E-state index in [1.54, 1.807) is 6.92 Å². The van der Waals surface area contributed by atoms with Gasteiger partial charge in [0.15, 0.2) is 0 Å². The molecule has 0 radical (unpaired) electrons. The Hall–Kier alpha value is -5.47. The summed E-state index contributed by atoms with van der Waals surface area (Å²) in [4.78, 5) is 8.00. The Morgan fingerprint density at radius 1 is 0.571 bits per heavy atom. The van der Waals surface area contributed by atoms with Crippen LogP contribution in [0.5, 0.6) is 0 Å². The Kier molecular flexibility index (Phi) is 6.48. The minimum Gasteiger partial charge on any atom is -0.456 e. The summed E-state index contributed by atoms with van der Waals surface area (Å²) in [6.07, 6.45) is 2.44. The monoisotopic (exact) mass is 765 g/mol. The van der Waals surface area contributed by atoms with Crippen molar-refractivity contribution in [3.8, 4) is 11.3 Å². The third-order valence-electron chi connectivity index (χ3n) is 11.1. The first kappa shape index (κ1) is 27.2. The normalized spacial score (nSPS) is 18.0. The first-order chi connectivity index (χ1) is 30.4. The molecule has 10 aromatic rings. The molecule has 1 aliphatic heterocycles. The Bertz CT molecular complexity index is 3400. The summed E-state index contributed by atoms with van der Waals surface area (Å²) in [6, 6.07) is 31.9. The molecule has 0 atom stereocenters. The van der Waals surface area contributed by atoms with Gasteiger partial charge in [-0.05, 0) is 129 Å². The predicted octanol–water partition coefficient (Wildman–Crippen LogP) is 12.7. The van der Waals surface area contributed by atoms with Crippen LogP contribution < -0.4 is 5.46 Å². The Morgan fingerprint density at radius 2 is 1.09 bits per heavy atom. The number of rotatable bonds is 2. The SMILES string of the molecule is CC1(C)OB(c2ccc3ccc4cccc5oc2c3c45)OC1(C)C.[2H]C([2H])([2H])c1cnc(-c2ccc3ccc4cccc5oc2c3c45)cc1C.[2H]C([2H])([2H])c1cnc(Cl)cc1C([2H])([2H])[2H]. The van der Waals surface area contributed by atoms with E-state index >= 15 is 0 Å². The third kappa shape index (κ3) is 5.97. The summed E-state index contributed by atoms with van der Waals surface area (Å²) in [5, 5.41) is 9.18. The fourth-order valence-corrected chi connectivity index (χ4v) is 7.53. The maximum atomic E-state index is 7.62. The molecule has 0 amide bonds. The van der Waals surface area contributed by atoms with Crippen molar-refractivity contribution in [3.05, 3.63) is 137 Å². The van der Waals surface area contributed by atoms with Crippen molar-refractivity contribution in [2.45, 2.75) is 66.4 Å². The molecule has 6 nitrogen and oxygen atoms in total. The Labute approximate surface area is 343 Å². The number of hydrogen-bond acceptors (Lipinski definition) is 6. The molecular formula is C48H42BClN2O4. The molecule has 0 aliphatic carbocycles. The maximum Gasteiger partial charge on any atom is 0.498 e. The molecule has 8 heteroatoms. The van der Waals surface area contributed by atoms with Gasteiger partial charge in [0, 0.05) is 57.3 Å². The summed E-state index contributed by atoms with van der Waals surface area (Å²) in [7, 11) is -0.418. The number of aromatic nitrogens is 2. The van der Waals surface area contributed by atoms with Crippen LogP contribution in [-0.4, -0.2) is 28.3 Å². The summed E-state index contributed by atoms with van der Waals surface area (Å²) in [6.45, 7) is 2.93. The Morgan fingerprint density at radius 3 is 1.70 bits per heavy atom. The summed E-state index contributed by atoms with van der Waals surface area (Å²) in [5.41, 5.74) is 5.69. The number of furan rings is 2. The van der Waals surface area contributed by atoms with Crippen LogP contribution in [0.15, 0.2) is 118 Å². The van der Waals surface area contributed by atoms with Crippen molar-refractivity contribution in [2.24, 2.45) is 0 Å². The average molecular weight is 766 g/mol. The van der Waals surface area contributed by atoms with Gasteiger partial charge in [-0.2, -0.15) is 0 Å². The lowest BCUT2D eigenvalue weighted by Crippen LogP contribution is -2.41. The highest BCUT2D eigenvalue weighted by Gasteiger charge is 2.52. The number of pyridine rings is 2. The second-order valence-corrected chi connectivity index (χ2v) is 15.6. The molecule has 6 aromatic carbocycles. The van der Waals surface area contributed by atoms with Crippen LogP contribution >= 0.6 is 11.6 Å². The molecule has 56 heavy (non-hydrogen) atoms. The van der Waals surface area contributed by atoms with Gasteiger partial charge in [-0.25, -0.2) is 4.98 Å². The van der Waals surface area contributed by atoms with E-state index in [4.69, 9.17) is 42.1 Å². The van der Waals surface area contributed by atoms with E-state index in [9.17, 15) is 0 Å². The highest BCUT2D eigenvalue weighted by Crippen LogP contribution is 2.42. The van der Waals surface area contributed by atoms with E-state index in [1.807, 2.05) is 36.4 Å². The number of halogens is 1. The lowest BCUT2D eigenvalue weighted by Gasteiger charge is -2.32. The number of aryl methyl sites for hydroxylation is 4. The third-order valence-corrected chi connectivity index (χ3v) is 11.3. The van der Waals surface area contributed by atoms with Crippen molar-refractivity contribution < 1.29 is 30.5 Å². The van der Waals surface area contributed by atoms with Crippen LogP contribution in [0.4, 0.5) is 0 Å². The molecular weight excluding hydrogens is 715 g/mol. The largest absolute Gasteiger partial charge is 0.498 e. The van der Waals surface area contributed by atoms with Gasteiger partial charge in [0.2, 0.25) is 0 Å². The zero-order chi connectivity index (χ0) is 46.6. The van der Waals surface area contributed by atoms with Crippen molar-refractivity contribution in [1.82, 2.24) is 9.97 Å². The number of hydrogen-bond donors (Lipinski definition) is 0. The molecule has 1 aliphatic rings. The number of nitrogens with zero attached hydrogens (tertiary/aromatic N) is 2. The van der Waals surface area contributed by atoms with E-state index in [-0.39, 0.29) is 33.0 Å². The van der Waals surface area contributed by atoms with Crippen LogP contribution in [0, 0.1) is 27.5 Å². The van der Waals surface area contributed by atoms with Crippen molar-refractivity contribution in [1.29, 1.82) is 0 Å². The first-order valence-corrected chi connectivity index (χ1v) is 18.6. The number of benzene rings is 6. The summed E-state index contributed by atoms with van der Waals surface area (Å²) >= 11 is 5.53. The van der Waals surface area contributed by atoms with E-state index in [0.717, 1.165) is 78.2 Å². The molecule has 1 fully saturated rings. The minimum atomic E-state index is -2.50. The lowest BCUT2D eigenvalue weighted by atomic mass is 9.77. The van der Waals surface area contributed by atoms with E-state index < -0.39 is 27.7 Å². The van der Waals surface area contributed by atoms with Gasteiger partial charge in [0.25, 0.3) is 0 Å². The smallest absolute Gasteiger partial charge is 0.456 e. The van der Waals surface area contributed by atoms with Crippen molar-refractivity contribution in [3.63, 3.8) is 0 Å². The fourth-order valence-electron chi connectivity index (χ4n) is 7.37. The molecule has 4 aromatic heterocycles. The molecule has 1 saturated heterocycles. The first-order valence-electron chi connectivity index (χ1n) is 22.8. The van der Waals surface area contributed by atoms with E-state index in [0.29, 0.717) is 5.56 Å². The van der Waals surface area contributed by atoms with Crippen LogP contribution in [-0.2, 0) is 9.31 Å². The van der Waals surface area contributed by atoms with Crippen LogP contribution in [0.3, 0.4) is 0 Å². The highest BCUT2D eigenvalue weighted by molar-refractivity contribution is 6.65. The van der Waals surface area contributed by atoms with Crippen LogP contribution in [0.2, 0.25) is 5.15 Å². The zero-order valence-corrected chi connectivity index (χ0v) is 32.1. The molecule has 0 N–H and O–H groups in total. The topological polar surface area (TPSA) is 70.5 Å². The second-order valence-electron chi connectivity index (χ2n) is 15.2.